The Morgan fingerprint density at radius 1 is 1.19 bits per heavy atom. The van der Waals surface area contributed by atoms with E-state index in [4.69, 9.17) is 4.74 Å². The van der Waals surface area contributed by atoms with Gasteiger partial charge in [0.05, 0.1) is 0 Å². The van der Waals surface area contributed by atoms with E-state index in [1.807, 2.05) is 0 Å². The SMILES string of the molecule is CC(C)CNCCCCOCCC1CCC1. The molecular formula is C14H29NO. The maximum atomic E-state index is 5.64. The van der Waals surface area contributed by atoms with Crippen LogP contribution in [0.2, 0.25) is 0 Å². The van der Waals surface area contributed by atoms with Gasteiger partial charge in [0.1, 0.15) is 0 Å². The summed E-state index contributed by atoms with van der Waals surface area (Å²) in [5.74, 6) is 1.76. The highest BCUT2D eigenvalue weighted by atomic mass is 16.5. The minimum absolute atomic E-state index is 0.763. The zero-order valence-electron chi connectivity index (χ0n) is 11.1. The largest absolute Gasteiger partial charge is 0.381 e. The second-order valence-electron chi connectivity index (χ2n) is 5.50. The van der Waals surface area contributed by atoms with Crippen molar-refractivity contribution in [3.63, 3.8) is 0 Å². The third-order valence-electron chi connectivity index (χ3n) is 3.34. The molecule has 1 N–H and O–H groups in total. The van der Waals surface area contributed by atoms with E-state index >= 15 is 0 Å². The van der Waals surface area contributed by atoms with Gasteiger partial charge in [-0.1, -0.05) is 33.1 Å². The molecule has 0 aromatic carbocycles. The Morgan fingerprint density at radius 2 is 2.00 bits per heavy atom. The number of hydrogen-bond acceptors (Lipinski definition) is 2. The van der Waals surface area contributed by atoms with Crippen LogP contribution in [0, 0.1) is 11.8 Å². The van der Waals surface area contributed by atoms with Gasteiger partial charge in [-0.25, -0.2) is 0 Å². The first-order valence-electron chi connectivity index (χ1n) is 7.07. The van der Waals surface area contributed by atoms with Crippen molar-refractivity contribution in [2.45, 2.75) is 52.4 Å². The summed E-state index contributed by atoms with van der Waals surface area (Å²) in [6.45, 7) is 8.72. The highest BCUT2D eigenvalue weighted by Crippen LogP contribution is 2.29. The molecule has 0 aliphatic heterocycles. The topological polar surface area (TPSA) is 21.3 Å². The van der Waals surface area contributed by atoms with E-state index in [1.165, 1.54) is 38.5 Å². The summed E-state index contributed by atoms with van der Waals surface area (Å²) in [4.78, 5) is 0. The average molecular weight is 227 g/mol. The second-order valence-corrected chi connectivity index (χ2v) is 5.50. The number of nitrogens with one attached hydrogen (secondary N) is 1. The predicted molar refractivity (Wildman–Crippen MR) is 69.7 cm³/mol. The summed E-state index contributed by atoms with van der Waals surface area (Å²) in [6, 6.07) is 0. The molecule has 1 aliphatic rings. The normalized spacial score (nSPS) is 16.7. The fourth-order valence-corrected chi connectivity index (χ4v) is 1.98. The molecule has 96 valence electrons. The lowest BCUT2D eigenvalue weighted by atomic mass is 9.83. The first-order chi connectivity index (χ1) is 7.79. The van der Waals surface area contributed by atoms with Crippen molar-refractivity contribution in [3.05, 3.63) is 0 Å². The molecule has 0 aromatic heterocycles. The van der Waals surface area contributed by atoms with Gasteiger partial charge in [0, 0.05) is 13.2 Å². The van der Waals surface area contributed by atoms with Crippen LogP contribution in [0.15, 0.2) is 0 Å². The van der Waals surface area contributed by atoms with E-state index in [0.717, 1.165) is 38.1 Å². The quantitative estimate of drug-likeness (QED) is 0.579. The van der Waals surface area contributed by atoms with Crippen molar-refractivity contribution in [2.24, 2.45) is 11.8 Å². The first kappa shape index (κ1) is 14.0. The van der Waals surface area contributed by atoms with Gasteiger partial charge in [-0.2, -0.15) is 0 Å². The van der Waals surface area contributed by atoms with Gasteiger partial charge < -0.3 is 10.1 Å². The van der Waals surface area contributed by atoms with Gasteiger partial charge >= 0.3 is 0 Å². The van der Waals surface area contributed by atoms with Crippen molar-refractivity contribution in [2.75, 3.05) is 26.3 Å². The van der Waals surface area contributed by atoms with Gasteiger partial charge in [-0.05, 0) is 44.2 Å². The number of hydrogen-bond donors (Lipinski definition) is 1. The van der Waals surface area contributed by atoms with E-state index < -0.39 is 0 Å². The van der Waals surface area contributed by atoms with Crippen LogP contribution in [-0.4, -0.2) is 26.3 Å². The molecule has 16 heavy (non-hydrogen) atoms. The van der Waals surface area contributed by atoms with Crippen LogP contribution in [0.3, 0.4) is 0 Å². The summed E-state index contributed by atoms with van der Waals surface area (Å²) in [6.07, 6.45) is 8.09. The van der Waals surface area contributed by atoms with Crippen LogP contribution in [0.5, 0.6) is 0 Å². The third-order valence-corrected chi connectivity index (χ3v) is 3.34. The van der Waals surface area contributed by atoms with Crippen LogP contribution in [0.4, 0.5) is 0 Å². The van der Waals surface area contributed by atoms with Crippen LogP contribution < -0.4 is 5.32 Å². The van der Waals surface area contributed by atoms with Crippen LogP contribution in [0.25, 0.3) is 0 Å². The molecule has 0 amide bonds. The molecule has 0 radical (unpaired) electrons. The standard InChI is InChI=1S/C14H29NO/c1-13(2)12-15-9-3-4-10-16-11-8-14-6-5-7-14/h13-15H,3-12H2,1-2H3. The molecule has 1 fully saturated rings. The Balaban J connectivity index is 1.68. The number of unbranched alkanes of at least 4 members (excludes halogenated alkanes) is 1. The molecule has 0 unspecified atom stereocenters. The Kier molecular flexibility index (Phi) is 7.87. The lowest BCUT2D eigenvalue weighted by Gasteiger charge is -2.24. The zero-order chi connectivity index (χ0) is 11.6. The molecule has 0 aromatic rings. The molecule has 2 heteroatoms. The Hall–Kier alpha value is -0.0800. The summed E-state index contributed by atoms with van der Waals surface area (Å²) >= 11 is 0. The number of rotatable bonds is 10. The zero-order valence-corrected chi connectivity index (χ0v) is 11.1. The number of ether oxygens (including phenoxy) is 1. The Bertz CT molecular complexity index is 155. The maximum Gasteiger partial charge on any atom is 0.0468 e. The molecule has 1 rings (SSSR count). The summed E-state index contributed by atoms with van der Waals surface area (Å²) in [5.41, 5.74) is 0. The molecule has 1 saturated carbocycles. The summed E-state index contributed by atoms with van der Waals surface area (Å²) < 4.78 is 5.64. The van der Waals surface area contributed by atoms with E-state index in [9.17, 15) is 0 Å². The third kappa shape index (κ3) is 7.24. The fraction of sp³-hybridized carbons (Fsp3) is 1.00. The van der Waals surface area contributed by atoms with E-state index in [1.54, 1.807) is 0 Å². The van der Waals surface area contributed by atoms with Crippen molar-refractivity contribution in [1.82, 2.24) is 5.32 Å². The molecule has 0 atom stereocenters. The minimum atomic E-state index is 0.763. The lowest BCUT2D eigenvalue weighted by Crippen LogP contribution is -2.21. The summed E-state index contributed by atoms with van der Waals surface area (Å²) in [7, 11) is 0. The van der Waals surface area contributed by atoms with Gasteiger partial charge in [0.25, 0.3) is 0 Å². The molecule has 0 bridgehead atoms. The van der Waals surface area contributed by atoms with E-state index in [2.05, 4.69) is 19.2 Å². The average Bonchev–Trinajstić information content (AvgIpc) is 2.17. The van der Waals surface area contributed by atoms with Crippen molar-refractivity contribution >= 4 is 0 Å². The van der Waals surface area contributed by atoms with Crippen molar-refractivity contribution < 1.29 is 4.74 Å². The van der Waals surface area contributed by atoms with Crippen molar-refractivity contribution in [1.29, 1.82) is 0 Å². The summed E-state index contributed by atoms with van der Waals surface area (Å²) in [5, 5.41) is 3.46. The van der Waals surface area contributed by atoms with Crippen LogP contribution in [0.1, 0.15) is 52.4 Å². The molecule has 0 spiro atoms. The molecular weight excluding hydrogens is 198 g/mol. The van der Waals surface area contributed by atoms with Gasteiger partial charge in [0.2, 0.25) is 0 Å². The highest BCUT2D eigenvalue weighted by molar-refractivity contribution is 4.68. The van der Waals surface area contributed by atoms with E-state index in [0.29, 0.717) is 0 Å². The van der Waals surface area contributed by atoms with Crippen LogP contribution in [-0.2, 0) is 4.74 Å². The fourth-order valence-electron chi connectivity index (χ4n) is 1.98. The van der Waals surface area contributed by atoms with Gasteiger partial charge in [-0.3, -0.25) is 0 Å². The van der Waals surface area contributed by atoms with Gasteiger partial charge in [-0.15, -0.1) is 0 Å². The van der Waals surface area contributed by atoms with Crippen LogP contribution >= 0.6 is 0 Å². The van der Waals surface area contributed by atoms with E-state index in [-0.39, 0.29) is 0 Å². The smallest absolute Gasteiger partial charge is 0.0468 e. The lowest BCUT2D eigenvalue weighted by molar-refractivity contribution is 0.104. The molecule has 1 aliphatic carbocycles. The molecule has 0 heterocycles. The molecule has 2 nitrogen and oxygen atoms in total. The highest BCUT2D eigenvalue weighted by Gasteiger charge is 2.16. The second kappa shape index (κ2) is 9.00. The predicted octanol–water partition coefficient (Wildman–Crippen LogP) is 3.22. The van der Waals surface area contributed by atoms with Crippen molar-refractivity contribution in [3.8, 4) is 0 Å². The Morgan fingerprint density at radius 3 is 2.62 bits per heavy atom. The monoisotopic (exact) mass is 227 g/mol. The minimum Gasteiger partial charge on any atom is -0.381 e. The maximum absolute atomic E-state index is 5.64. The molecule has 0 saturated heterocycles. The first-order valence-corrected chi connectivity index (χ1v) is 7.07. The van der Waals surface area contributed by atoms with Gasteiger partial charge in [0.15, 0.2) is 0 Å². The Labute approximate surface area is 101 Å².